The SMILES string of the molecule is CC1CC(C)(C)[C@@H](C)CC1n1c2cnn(CC(=O)NCc3ccnnc3)c(=O)c2c(=O)n1C1CCNCC1. The van der Waals surface area contributed by atoms with Gasteiger partial charge in [-0.15, -0.1) is 0 Å². The summed E-state index contributed by atoms with van der Waals surface area (Å²) in [5, 5.41) is 18.2. The molecule has 5 rings (SSSR count). The van der Waals surface area contributed by atoms with Crippen LogP contribution >= 0.6 is 0 Å². The minimum Gasteiger partial charge on any atom is -0.350 e. The van der Waals surface area contributed by atoms with E-state index < -0.39 is 5.56 Å². The highest BCUT2D eigenvalue weighted by atomic mass is 16.2. The van der Waals surface area contributed by atoms with Crippen molar-refractivity contribution in [3.63, 3.8) is 0 Å². The summed E-state index contributed by atoms with van der Waals surface area (Å²) in [5.74, 6) is 0.427. The maximum absolute atomic E-state index is 13.9. The van der Waals surface area contributed by atoms with Crippen LogP contribution in [0.4, 0.5) is 0 Å². The third-order valence-electron chi connectivity index (χ3n) is 8.76. The molecule has 2 fully saturated rings. The van der Waals surface area contributed by atoms with E-state index in [0.29, 0.717) is 17.4 Å². The van der Waals surface area contributed by atoms with Gasteiger partial charge in [0, 0.05) is 12.7 Å². The van der Waals surface area contributed by atoms with E-state index in [1.54, 1.807) is 24.7 Å². The summed E-state index contributed by atoms with van der Waals surface area (Å²) in [5.41, 5.74) is 0.781. The van der Waals surface area contributed by atoms with Crippen molar-refractivity contribution in [3.05, 3.63) is 50.9 Å². The average molecular weight is 523 g/mol. The zero-order valence-corrected chi connectivity index (χ0v) is 22.7. The van der Waals surface area contributed by atoms with E-state index in [1.165, 1.54) is 0 Å². The van der Waals surface area contributed by atoms with Crippen LogP contribution in [0, 0.1) is 17.3 Å². The second-order valence-corrected chi connectivity index (χ2v) is 11.7. The fourth-order valence-corrected chi connectivity index (χ4v) is 6.26. The van der Waals surface area contributed by atoms with Crippen LogP contribution in [-0.2, 0) is 17.9 Å². The van der Waals surface area contributed by atoms with Gasteiger partial charge < -0.3 is 10.6 Å². The lowest BCUT2D eigenvalue weighted by molar-refractivity contribution is -0.122. The van der Waals surface area contributed by atoms with Crippen LogP contribution in [0.5, 0.6) is 0 Å². The quantitative estimate of drug-likeness (QED) is 0.507. The van der Waals surface area contributed by atoms with E-state index in [9.17, 15) is 14.4 Å². The highest BCUT2D eigenvalue weighted by Gasteiger charge is 2.41. The third kappa shape index (κ3) is 4.91. The number of hydrogen-bond donors (Lipinski definition) is 2. The van der Waals surface area contributed by atoms with Crippen molar-refractivity contribution in [2.45, 2.75) is 78.6 Å². The Morgan fingerprint density at radius 3 is 2.58 bits per heavy atom. The standard InChI is InChI=1S/C27H38N8O3/c1-17-12-27(3,4)18(2)11-21(17)35-22-15-32-33(16-23(36)29-13-19-5-10-30-31-14-19)25(37)24(22)26(38)34(35)20-6-8-28-9-7-20/h5,10,14-15,17-18,20-21,28H,6-9,11-13,16H2,1-4H3,(H,29,36)/t17?,18-,21?/m0/s1. The Morgan fingerprint density at radius 2 is 1.87 bits per heavy atom. The molecule has 0 radical (unpaired) electrons. The number of aromatic nitrogens is 6. The Morgan fingerprint density at radius 1 is 1.11 bits per heavy atom. The van der Waals surface area contributed by atoms with Gasteiger partial charge in [-0.1, -0.05) is 27.7 Å². The predicted octanol–water partition coefficient (Wildman–Crippen LogP) is 2.02. The van der Waals surface area contributed by atoms with E-state index in [4.69, 9.17) is 0 Å². The average Bonchev–Trinajstić information content (AvgIpc) is 3.20. The van der Waals surface area contributed by atoms with Crippen LogP contribution in [0.2, 0.25) is 0 Å². The molecule has 11 heteroatoms. The smallest absolute Gasteiger partial charge is 0.282 e. The molecule has 1 aliphatic heterocycles. The molecule has 38 heavy (non-hydrogen) atoms. The van der Waals surface area contributed by atoms with Gasteiger partial charge in [0.1, 0.15) is 11.9 Å². The summed E-state index contributed by atoms with van der Waals surface area (Å²) in [6, 6.07) is 1.86. The molecule has 3 aromatic rings. The maximum Gasteiger partial charge on any atom is 0.282 e. The minimum atomic E-state index is -0.522. The van der Waals surface area contributed by atoms with Gasteiger partial charge in [-0.3, -0.25) is 19.1 Å². The number of amides is 1. The first-order chi connectivity index (χ1) is 18.2. The minimum absolute atomic E-state index is 0.0127. The van der Waals surface area contributed by atoms with Crippen LogP contribution < -0.4 is 21.8 Å². The molecule has 3 atom stereocenters. The lowest BCUT2D eigenvalue weighted by Crippen LogP contribution is -2.41. The van der Waals surface area contributed by atoms with Crippen LogP contribution in [0.1, 0.15) is 71.0 Å². The van der Waals surface area contributed by atoms with Crippen LogP contribution in [0.15, 0.2) is 34.2 Å². The van der Waals surface area contributed by atoms with Gasteiger partial charge in [0.15, 0.2) is 0 Å². The van der Waals surface area contributed by atoms with Crippen LogP contribution in [0.25, 0.3) is 10.9 Å². The molecule has 1 saturated carbocycles. The Balaban J connectivity index is 1.53. The number of nitrogens with one attached hydrogen (secondary N) is 2. The van der Waals surface area contributed by atoms with E-state index in [2.05, 4.69) is 58.3 Å². The van der Waals surface area contributed by atoms with Gasteiger partial charge in [0.2, 0.25) is 5.91 Å². The topological polar surface area (TPSA) is 129 Å². The van der Waals surface area contributed by atoms with Crippen molar-refractivity contribution in [3.8, 4) is 0 Å². The number of carbonyl (C=O) groups is 1. The molecule has 1 aliphatic carbocycles. The molecule has 4 heterocycles. The monoisotopic (exact) mass is 522 g/mol. The third-order valence-corrected chi connectivity index (χ3v) is 8.76. The molecule has 2 unspecified atom stereocenters. The van der Waals surface area contributed by atoms with Crippen molar-refractivity contribution in [1.29, 1.82) is 0 Å². The molecule has 3 aromatic heterocycles. The van der Waals surface area contributed by atoms with Crippen molar-refractivity contribution in [2.24, 2.45) is 17.3 Å². The summed E-state index contributed by atoms with van der Waals surface area (Å²) < 4.78 is 5.04. The number of rotatable bonds is 6. The second-order valence-electron chi connectivity index (χ2n) is 11.7. The lowest BCUT2D eigenvalue weighted by Gasteiger charge is -2.45. The van der Waals surface area contributed by atoms with Crippen molar-refractivity contribution in [2.75, 3.05) is 13.1 Å². The molecule has 0 spiro atoms. The van der Waals surface area contributed by atoms with Crippen molar-refractivity contribution >= 4 is 16.8 Å². The summed E-state index contributed by atoms with van der Waals surface area (Å²) >= 11 is 0. The molecular weight excluding hydrogens is 484 g/mol. The van der Waals surface area contributed by atoms with Crippen LogP contribution in [0.3, 0.4) is 0 Å². The molecule has 11 nitrogen and oxygen atoms in total. The molecule has 1 saturated heterocycles. The van der Waals surface area contributed by atoms with E-state index in [0.717, 1.165) is 49.0 Å². The Labute approximate surface area is 221 Å². The Bertz CT molecular complexity index is 1420. The highest BCUT2D eigenvalue weighted by molar-refractivity contribution is 5.78. The largest absolute Gasteiger partial charge is 0.350 e. The van der Waals surface area contributed by atoms with E-state index in [1.807, 2.05) is 4.68 Å². The second kappa shape index (κ2) is 10.4. The summed E-state index contributed by atoms with van der Waals surface area (Å²) in [6.07, 6.45) is 8.34. The highest BCUT2D eigenvalue weighted by Crippen LogP contribution is 2.48. The van der Waals surface area contributed by atoms with Gasteiger partial charge in [-0.05, 0) is 67.7 Å². The zero-order valence-electron chi connectivity index (χ0n) is 22.7. The van der Waals surface area contributed by atoms with E-state index >= 15 is 0 Å². The van der Waals surface area contributed by atoms with Gasteiger partial charge >= 0.3 is 0 Å². The number of piperidine rings is 1. The normalized spacial score (nSPS) is 23.9. The molecule has 0 aromatic carbocycles. The summed E-state index contributed by atoms with van der Waals surface area (Å²) in [4.78, 5) is 40.2. The Kier molecular flexibility index (Phi) is 7.21. The zero-order chi connectivity index (χ0) is 27.0. The maximum atomic E-state index is 13.9. The predicted molar refractivity (Wildman–Crippen MR) is 144 cm³/mol. The lowest BCUT2D eigenvalue weighted by atomic mass is 9.64. The number of carbonyl (C=O) groups excluding carboxylic acids is 1. The number of nitrogens with zero attached hydrogens (tertiary/aromatic N) is 6. The van der Waals surface area contributed by atoms with Gasteiger partial charge in [-0.25, -0.2) is 9.36 Å². The molecule has 2 N–H and O–H groups in total. The number of fused-ring (bicyclic) bond motifs is 1. The van der Waals surface area contributed by atoms with Gasteiger partial charge in [-0.2, -0.15) is 15.3 Å². The first-order valence-corrected chi connectivity index (χ1v) is 13.6. The fourth-order valence-electron chi connectivity index (χ4n) is 6.26. The summed E-state index contributed by atoms with van der Waals surface area (Å²) in [6.45, 7) is 10.8. The molecule has 204 valence electrons. The van der Waals surface area contributed by atoms with Crippen molar-refractivity contribution in [1.82, 2.24) is 40.0 Å². The van der Waals surface area contributed by atoms with Gasteiger partial charge in [0.05, 0.1) is 30.0 Å². The molecular formula is C27H38N8O3. The fraction of sp³-hybridized carbons (Fsp3) is 0.630. The first kappa shape index (κ1) is 26.3. The molecule has 1 amide bonds. The summed E-state index contributed by atoms with van der Waals surface area (Å²) in [7, 11) is 0. The van der Waals surface area contributed by atoms with E-state index in [-0.39, 0.29) is 47.4 Å². The number of hydrogen-bond acceptors (Lipinski definition) is 7. The Hall–Kier alpha value is -3.34. The van der Waals surface area contributed by atoms with Crippen molar-refractivity contribution < 1.29 is 4.79 Å². The van der Waals surface area contributed by atoms with Crippen LogP contribution in [-0.4, -0.2) is 48.3 Å². The molecule has 2 aliphatic rings. The first-order valence-electron chi connectivity index (χ1n) is 13.6. The van der Waals surface area contributed by atoms with Gasteiger partial charge in [0.25, 0.3) is 11.1 Å². The molecule has 0 bridgehead atoms.